The molecule has 3 heteroatoms. The first-order valence-electron chi connectivity index (χ1n) is 52.5. The minimum Gasteiger partial charge on any atom is -0.295 e. The molecule has 616 valence electrons. The summed E-state index contributed by atoms with van der Waals surface area (Å²) >= 11 is 0. The molecule has 0 bridgehead atoms. The summed E-state index contributed by atoms with van der Waals surface area (Å²) in [6, 6.07) is 5.17. The maximum atomic E-state index is 4.11. The van der Waals surface area contributed by atoms with Crippen molar-refractivity contribution in [3.63, 3.8) is 0 Å². The van der Waals surface area contributed by atoms with E-state index in [2.05, 4.69) is 72.1 Å². The van der Waals surface area contributed by atoms with Gasteiger partial charge in [-0.3, -0.25) is 9.80 Å². The van der Waals surface area contributed by atoms with Crippen LogP contribution in [0.3, 0.4) is 0 Å². The van der Waals surface area contributed by atoms with E-state index in [1.54, 1.807) is 340 Å². The average molecular weight is 1490 g/mol. The van der Waals surface area contributed by atoms with Crippen molar-refractivity contribution in [2.45, 2.75) is 488 Å². The van der Waals surface area contributed by atoms with Gasteiger partial charge in [-0.15, -0.1) is 0 Å². The van der Waals surface area contributed by atoms with Gasteiger partial charge in [0.05, 0.1) is 0 Å². The lowest BCUT2D eigenvalue weighted by Crippen LogP contribution is -2.77. The van der Waals surface area contributed by atoms with Gasteiger partial charge in [0, 0.05) is 36.3 Å². The molecule has 0 aromatic carbocycles. The van der Waals surface area contributed by atoms with Gasteiger partial charge in [-0.25, -0.2) is 0 Å². The first-order valence-corrected chi connectivity index (χ1v) is 52.5. The maximum Gasteiger partial charge on any atom is 0.156 e. The lowest BCUT2D eigenvalue weighted by Gasteiger charge is -2.73. The Balaban J connectivity index is 0.799. The Morgan fingerprint density at radius 3 is 0.890 bits per heavy atom. The molecule has 2 saturated heterocycles. The monoisotopic (exact) mass is 1490 g/mol. The third-order valence-corrected chi connectivity index (χ3v) is 43.1. The highest BCUT2D eigenvalue weighted by Crippen LogP contribution is 2.72. The summed E-state index contributed by atoms with van der Waals surface area (Å²) in [5.74, 6) is 29.7. The van der Waals surface area contributed by atoms with Gasteiger partial charge >= 0.3 is 0 Å². The summed E-state index contributed by atoms with van der Waals surface area (Å²) in [5, 5.41) is 0. The van der Waals surface area contributed by atoms with E-state index in [1.807, 2.05) is 0 Å². The fourth-order valence-electron chi connectivity index (χ4n) is 38.2. The minimum atomic E-state index is 0.432. The van der Waals surface area contributed by atoms with Crippen LogP contribution in [0.15, 0.2) is 0 Å². The molecule has 2 nitrogen and oxygen atoms in total. The topological polar surface area (TPSA) is 6.48 Å². The van der Waals surface area contributed by atoms with Gasteiger partial charge in [0.1, 0.15) is 0 Å². The first-order chi connectivity index (χ1) is 52.9. The molecule has 0 aromatic heterocycles. The highest BCUT2D eigenvalue weighted by molar-refractivity contribution is 6.65. The predicted octanol–water partition coefficient (Wildman–Crippen LogP) is 30.1. The Labute approximate surface area is 676 Å². The molecule has 0 amide bonds. The van der Waals surface area contributed by atoms with Crippen molar-refractivity contribution in [3.05, 3.63) is 0 Å². The van der Waals surface area contributed by atoms with Gasteiger partial charge in [-0.1, -0.05) is 313 Å². The Kier molecular flexibility index (Phi) is 24.0. The first kappa shape index (κ1) is 78.8. The van der Waals surface area contributed by atoms with Crippen LogP contribution < -0.4 is 0 Å². The van der Waals surface area contributed by atoms with E-state index in [1.165, 1.54) is 32.1 Å². The summed E-state index contributed by atoms with van der Waals surface area (Å²) in [4.78, 5) is 8.16. The van der Waals surface area contributed by atoms with Crippen LogP contribution in [-0.2, 0) is 0 Å². The third kappa shape index (κ3) is 15.6. The van der Waals surface area contributed by atoms with Gasteiger partial charge in [-0.2, -0.15) is 0 Å². The standard InChI is InChI=1S/C106H179BN2/c1-104(2,3)84-51-47-71(48-52-84)82-65-97-101-98(66-82)109(103-90(74-41-27-15-28-42-74)60-81(70-35-21-12-22-36-70)61-91(103)75-43-29-16-30-44-75)96-64-77(87-62-83-57-85(105(4,5)6)55-78-45-46-79-56-86(106(7,8)9)67-92(87)100(79)99(78)83)50-54-94(96)107(101)93-53-49-76(68-31-17-10-18-32-68)63-95(93)108(97)102-88(72-37-23-13-24-38-72)58-80(69-33-19-11-20-34-69)59-89(102)73-39-25-14-26-40-73/h68-103H,10-67H2,1-9H3. The smallest absolute Gasteiger partial charge is 0.156 e. The molecule has 19 rings (SSSR count). The van der Waals surface area contributed by atoms with Crippen molar-refractivity contribution in [2.75, 3.05) is 0 Å². The molecule has 0 radical (unpaired) electrons. The van der Waals surface area contributed by atoms with E-state index in [4.69, 9.17) is 0 Å². The molecule has 23 unspecified atom stereocenters. The van der Waals surface area contributed by atoms with Crippen LogP contribution in [-0.4, -0.2) is 52.8 Å². The molecular weight excluding hydrogens is 1310 g/mol. The van der Waals surface area contributed by atoms with Gasteiger partial charge in [0.2, 0.25) is 0 Å². The molecule has 2 heterocycles. The Morgan fingerprint density at radius 1 is 0.193 bits per heavy atom. The Hall–Kier alpha value is -0.0151. The van der Waals surface area contributed by atoms with E-state index in [-0.39, 0.29) is 0 Å². The van der Waals surface area contributed by atoms with Crippen LogP contribution >= 0.6 is 0 Å². The summed E-state index contributed by atoms with van der Waals surface area (Å²) in [5.41, 5.74) is 1.32. The predicted molar refractivity (Wildman–Crippen MR) is 464 cm³/mol. The summed E-state index contributed by atoms with van der Waals surface area (Å²) < 4.78 is 0. The van der Waals surface area contributed by atoms with Gasteiger partial charge in [0.15, 0.2) is 6.71 Å². The van der Waals surface area contributed by atoms with Gasteiger partial charge in [0.25, 0.3) is 0 Å². The minimum absolute atomic E-state index is 0.432. The van der Waals surface area contributed by atoms with Crippen molar-refractivity contribution in [1.29, 1.82) is 0 Å². The molecule has 17 aliphatic carbocycles. The lowest BCUT2D eigenvalue weighted by atomic mass is 9.18. The lowest BCUT2D eigenvalue weighted by molar-refractivity contribution is -0.161. The summed E-state index contributed by atoms with van der Waals surface area (Å²) in [7, 11) is 0. The molecule has 23 atom stereocenters. The van der Waals surface area contributed by atoms with Crippen molar-refractivity contribution in [2.24, 2.45) is 176 Å². The van der Waals surface area contributed by atoms with E-state index in [0.29, 0.717) is 16.2 Å². The summed E-state index contributed by atoms with van der Waals surface area (Å²) in [6.45, 7) is 25.4. The number of nitrogens with zero attached hydrogens (tertiary/aromatic N) is 2. The molecule has 19 fully saturated rings. The van der Waals surface area contributed by atoms with Crippen molar-refractivity contribution in [3.8, 4) is 0 Å². The van der Waals surface area contributed by atoms with E-state index in [0.717, 1.165) is 220 Å². The zero-order valence-electron chi connectivity index (χ0n) is 73.8. The molecule has 2 aliphatic heterocycles. The molecule has 0 aromatic rings. The fraction of sp³-hybridized carbons (Fsp3) is 1.00. The normalized spacial score (nSPS) is 47.9. The average Bonchev–Trinajstić information content (AvgIpc) is 0.688. The molecule has 109 heavy (non-hydrogen) atoms. The molecule has 0 spiro atoms. The van der Waals surface area contributed by atoms with Crippen molar-refractivity contribution in [1.82, 2.24) is 9.80 Å². The quantitative estimate of drug-likeness (QED) is 0.190. The van der Waals surface area contributed by atoms with Crippen LogP contribution in [0, 0.1) is 176 Å². The van der Waals surface area contributed by atoms with E-state index < -0.39 is 0 Å². The zero-order valence-corrected chi connectivity index (χ0v) is 73.8. The number of fused-ring (bicyclic) bond motifs is 4. The Bertz CT molecular complexity index is 2820. The van der Waals surface area contributed by atoms with E-state index in [9.17, 15) is 0 Å². The highest BCUT2D eigenvalue weighted by atomic mass is 15.3. The number of hydrogen-bond acceptors (Lipinski definition) is 2. The van der Waals surface area contributed by atoms with Crippen molar-refractivity contribution >= 4 is 6.71 Å². The third-order valence-electron chi connectivity index (χ3n) is 43.1. The molecular formula is C106H179BN2. The second-order valence-corrected chi connectivity index (χ2v) is 50.5. The Morgan fingerprint density at radius 2 is 0.486 bits per heavy atom. The van der Waals surface area contributed by atoms with Crippen molar-refractivity contribution < 1.29 is 0 Å². The van der Waals surface area contributed by atoms with Crippen LogP contribution in [0.4, 0.5) is 0 Å². The highest BCUT2D eigenvalue weighted by Gasteiger charge is 2.70. The summed E-state index contributed by atoms with van der Waals surface area (Å²) in [6.07, 6.45) is 92.4. The maximum absolute atomic E-state index is 4.11. The van der Waals surface area contributed by atoms with Crippen LogP contribution in [0.5, 0.6) is 0 Å². The second kappa shape index (κ2) is 33.2. The van der Waals surface area contributed by atoms with Gasteiger partial charge < -0.3 is 0 Å². The van der Waals surface area contributed by atoms with Crippen LogP contribution in [0.1, 0.15) is 435 Å². The van der Waals surface area contributed by atoms with Crippen LogP contribution in [0.25, 0.3) is 0 Å². The number of hydrogen-bond donors (Lipinski definition) is 0. The van der Waals surface area contributed by atoms with E-state index >= 15 is 0 Å². The molecule has 0 N–H and O–H groups in total. The molecule has 17 saturated carbocycles. The largest absolute Gasteiger partial charge is 0.295 e. The van der Waals surface area contributed by atoms with Gasteiger partial charge in [-0.05, 0) is 315 Å². The second-order valence-electron chi connectivity index (χ2n) is 50.5. The zero-order chi connectivity index (χ0) is 74.0. The SMILES string of the molecule is CC(C)(C)C1CCC(C2CC3C4B(C5CCC(C6CCCCC6)CC5N3C3C(C5CCCCC5)CC(C5CCCCC5)CC3C3CCCCC3)C3CCC(C5CC6CC(C(C)(C)C)CC7CCC8CC(C(C)(C)C)CC5C8C76)CC3N(C3C(C5CCCCC5)CC(C5CCCCC5)CC3C3CCCCC3)C4C2)CC1. The fourth-order valence-corrected chi connectivity index (χ4v) is 38.2. The molecule has 19 aliphatic rings. The number of rotatable bonds is 11. The van der Waals surface area contributed by atoms with Crippen LogP contribution in [0.2, 0.25) is 17.5 Å².